The second-order valence-electron chi connectivity index (χ2n) is 15.5. The number of nitrogens with zero attached hydrogens (tertiary/aromatic N) is 6. The number of rotatable bonds is 21. The van der Waals surface area contributed by atoms with Crippen LogP contribution < -0.4 is 39.3 Å². The summed E-state index contributed by atoms with van der Waals surface area (Å²) in [6.45, 7) is 0.465. The Bertz CT molecular complexity index is 2890. The maximum absolute atomic E-state index is 6.14. The minimum atomic E-state index is 0.232. The SMILES string of the molecule is COc1ccccc1Cc1cc(-c2ccc(Cl)cc2)nnc1N/N=C/c1ccc(OCCOc2ccc(/C=N/Nc3nnc(-c4ccc(Cl)cc4)cc3Cc3ccccc3OC)cc2OC)c(OC)c1. The molecule has 0 aliphatic carbocycles. The predicted molar refractivity (Wildman–Crippen MR) is 276 cm³/mol. The Kier molecular flexibility index (Phi) is 16.3. The minimum absolute atomic E-state index is 0.232. The van der Waals surface area contributed by atoms with E-state index in [0.29, 0.717) is 68.9 Å². The van der Waals surface area contributed by atoms with Gasteiger partial charge in [0.05, 0.1) is 52.3 Å². The third-order valence-corrected chi connectivity index (χ3v) is 11.4. The molecule has 2 aromatic heterocycles. The van der Waals surface area contributed by atoms with E-state index in [1.165, 1.54) is 0 Å². The van der Waals surface area contributed by atoms with Crippen molar-refractivity contribution in [1.82, 2.24) is 20.4 Å². The largest absolute Gasteiger partial charge is 0.496 e. The van der Waals surface area contributed by atoms with Gasteiger partial charge in [-0.1, -0.05) is 83.9 Å². The highest BCUT2D eigenvalue weighted by molar-refractivity contribution is 6.30. The predicted octanol–water partition coefficient (Wildman–Crippen LogP) is 11.5. The van der Waals surface area contributed by atoms with Gasteiger partial charge in [0, 0.05) is 45.1 Å². The van der Waals surface area contributed by atoms with E-state index in [9.17, 15) is 0 Å². The van der Waals surface area contributed by atoms with Gasteiger partial charge in [-0.3, -0.25) is 10.9 Å². The highest BCUT2D eigenvalue weighted by Gasteiger charge is 2.15. The molecule has 2 N–H and O–H groups in total. The van der Waals surface area contributed by atoms with Crippen molar-refractivity contribution in [3.63, 3.8) is 0 Å². The summed E-state index contributed by atoms with van der Waals surface area (Å²) < 4.78 is 34.7. The van der Waals surface area contributed by atoms with Crippen molar-refractivity contribution in [3.8, 4) is 57.0 Å². The lowest BCUT2D eigenvalue weighted by molar-refractivity contribution is 0.206. The van der Waals surface area contributed by atoms with Crippen LogP contribution in [0.2, 0.25) is 10.0 Å². The van der Waals surface area contributed by atoms with Gasteiger partial charge >= 0.3 is 0 Å². The quantitative estimate of drug-likeness (QED) is 0.0400. The van der Waals surface area contributed by atoms with Gasteiger partial charge in [-0.25, -0.2) is 0 Å². The fourth-order valence-electron chi connectivity index (χ4n) is 7.36. The van der Waals surface area contributed by atoms with E-state index in [1.807, 2.05) is 146 Å². The first kappa shape index (κ1) is 48.3. The van der Waals surface area contributed by atoms with Crippen molar-refractivity contribution in [3.05, 3.63) is 189 Å². The molecule has 16 heteroatoms. The Hall–Kier alpha value is -8.20. The molecule has 0 atom stereocenters. The summed E-state index contributed by atoms with van der Waals surface area (Å²) in [4.78, 5) is 0. The van der Waals surface area contributed by atoms with Crippen molar-refractivity contribution >= 4 is 47.3 Å². The number of hydrogen-bond acceptors (Lipinski definition) is 14. The van der Waals surface area contributed by atoms with E-state index < -0.39 is 0 Å². The maximum atomic E-state index is 6.14. The van der Waals surface area contributed by atoms with Crippen LogP contribution in [0.4, 0.5) is 11.6 Å². The molecule has 70 heavy (non-hydrogen) atoms. The lowest BCUT2D eigenvalue weighted by Crippen LogP contribution is -2.10. The average Bonchev–Trinajstić information content (AvgIpc) is 3.39. The first-order chi connectivity index (χ1) is 34.3. The molecular weight excluding hydrogens is 928 g/mol. The van der Waals surface area contributed by atoms with Gasteiger partial charge in [-0.2, -0.15) is 10.2 Å². The normalized spacial score (nSPS) is 11.1. The lowest BCUT2D eigenvalue weighted by Gasteiger charge is -2.14. The van der Waals surface area contributed by atoms with Crippen LogP contribution >= 0.6 is 23.2 Å². The Morgan fingerprint density at radius 1 is 0.429 bits per heavy atom. The van der Waals surface area contributed by atoms with Crippen LogP contribution in [-0.2, 0) is 12.8 Å². The fraction of sp³-hybridized carbons (Fsp3) is 0.148. The summed E-state index contributed by atoms with van der Waals surface area (Å²) in [5, 5.41) is 28.2. The molecule has 354 valence electrons. The van der Waals surface area contributed by atoms with Crippen LogP contribution in [0.15, 0.2) is 156 Å². The molecule has 0 saturated carbocycles. The highest BCUT2D eigenvalue weighted by Crippen LogP contribution is 2.32. The van der Waals surface area contributed by atoms with E-state index in [1.54, 1.807) is 40.9 Å². The Labute approximate surface area is 415 Å². The molecule has 0 amide bonds. The number of hydrogen-bond donors (Lipinski definition) is 2. The summed E-state index contributed by atoms with van der Waals surface area (Å²) in [5.74, 6) is 4.69. The van der Waals surface area contributed by atoms with E-state index in [4.69, 9.17) is 51.6 Å². The molecule has 0 bridgehead atoms. The van der Waals surface area contributed by atoms with Gasteiger partial charge in [0.25, 0.3) is 0 Å². The number of benzene rings is 6. The molecule has 0 fully saturated rings. The van der Waals surface area contributed by atoms with E-state index in [2.05, 4.69) is 41.4 Å². The number of hydrazone groups is 2. The molecule has 0 aliphatic heterocycles. The number of anilines is 2. The van der Waals surface area contributed by atoms with Crippen LogP contribution in [0.1, 0.15) is 33.4 Å². The molecule has 8 rings (SSSR count). The van der Waals surface area contributed by atoms with E-state index >= 15 is 0 Å². The summed E-state index contributed by atoms with van der Waals surface area (Å²) in [5.41, 5.74) is 14.6. The number of halogens is 2. The smallest absolute Gasteiger partial charge is 0.172 e. The van der Waals surface area contributed by atoms with Crippen LogP contribution in [-0.4, -0.2) is 74.5 Å². The van der Waals surface area contributed by atoms with Gasteiger partial charge in [-0.15, -0.1) is 20.4 Å². The molecule has 0 radical (unpaired) electrons. The summed E-state index contributed by atoms with van der Waals surface area (Å²) in [7, 11) is 6.47. The molecular formula is C54H48Cl2N8O6. The Morgan fingerprint density at radius 3 is 1.23 bits per heavy atom. The third kappa shape index (κ3) is 12.5. The molecule has 0 unspecified atom stereocenters. The van der Waals surface area contributed by atoms with E-state index in [-0.39, 0.29) is 13.2 Å². The Morgan fingerprint density at radius 2 is 0.829 bits per heavy atom. The number of para-hydroxylation sites is 2. The zero-order chi connectivity index (χ0) is 48.7. The second kappa shape index (κ2) is 23.7. The summed E-state index contributed by atoms with van der Waals surface area (Å²) in [6.07, 6.45) is 4.40. The molecule has 2 heterocycles. The second-order valence-corrected chi connectivity index (χ2v) is 16.3. The standard InChI is InChI=1S/C54H48Cl2N8O6/c1-65-47-11-7-5-9-39(47)29-41-31-45(37-15-19-43(55)20-16-37)59-63-53(41)61-57-33-35-13-23-49(51(27-35)67-3)69-25-26-70-50-24-14-36(28-52(50)68-4)34-58-62-54-42(30-40-10-6-8-12-48(40)66-2)32-46(60-64-54)38-17-21-44(56)22-18-38/h5-24,27-28,31-34H,25-26,29-30H2,1-4H3,(H,61,63)(H,62,64)/b57-33+,58-34+. The van der Waals surface area contributed by atoms with Crippen molar-refractivity contribution in [2.75, 3.05) is 52.5 Å². The molecule has 14 nitrogen and oxygen atoms in total. The summed E-state index contributed by atoms with van der Waals surface area (Å²) >= 11 is 12.3. The van der Waals surface area contributed by atoms with Crippen molar-refractivity contribution in [1.29, 1.82) is 0 Å². The molecule has 0 aliphatic rings. The number of nitrogens with one attached hydrogen (secondary N) is 2. The first-order valence-electron chi connectivity index (χ1n) is 22.0. The monoisotopic (exact) mass is 974 g/mol. The van der Waals surface area contributed by atoms with Gasteiger partial charge in [0.15, 0.2) is 34.6 Å². The van der Waals surface area contributed by atoms with Crippen LogP contribution in [0.25, 0.3) is 22.5 Å². The van der Waals surface area contributed by atoms with Crippen LogP contribution in [0.3, 0.4) is 0 Å². The molecule has 8 aromatic rings. The van der Waals surface area contributed by atoms with Gasteiger partial charge in [0.2, 0.25) is 0 Å². The number of aromatic nitrogens is 4. The fourth-order valence-corrected chi connectivity index (χ4v) is 7.61. The zero-order valence-corrected chi connectivity index (χ0v) is 40.2. The minimum Gasteiger partial charge on any atom is -0.496 e. The van der Waals surface area contributed by atoms with Crippen molar-refractivity contribution < 1.29 is 28.4 Å². The van der Waals surface area contributed by atoms with Gasteiger partial charge in [0.1, 0.15) is 24.7 Å². The maximum Gasteiger partial charge on any atom is 0.172 e. The van der Waals surface area contributed by atoms with Crippen LogP contribution in [0.5, 0.6) is 34.5 Å². The number of ether oxygens (including phenoxy) is 6. The lowest BCUT2D eigenvalue weighted by atomic mass is 10.0. The highest BCUT2D eigenvalue weighted by atomic mass is 35.5. The first-order valence-corrected chi connectivity index (χ1v) is 22.7. The van der Waals surface area contributed by atoms with Gasteiger partial charge in [-0.05, 0) is 107 Å². The summed E-state index contributed by atoms with van der Waals surface area (Å²) in [6, 6.07) is 45.7. The van der Waals surface area contributed by atoms with Gasteiger partial charge < -0.3 is 28.4 Å². The van der Waals surface area contributed by atoms with Crippen molar-refractivity contribution in [2.24, 2.45) is 10.2 Å². The molecule has 0 spiro atoms. The van der Waals surface area contributed by atoms with Crippen molar-refractivity contribution in [2.45, 2.75) is 12.8 Å². The average molecular weight is 976 g/mol. The van der Waals surface area contributed by atoms with E-state index in [0.717, 1.165) is 56.0 Å². The number of methoxy groups -OCH3 is 4. The molecule has 6 aromatic carbocycles. The Balaban J connectivity index is 0.879. The topological polar surface area (TPSA) is 156 Å². The third-order valence-electron chi connectivity index (χ3n) is 10.9. The van der Waals surface area contributed by atoms with Crippen LogP contribution in [0, 0.1) is 0 Å². The molecule has 0 saturated heterocycles. The zero-order valence-electron chi connectivity index (χ0n) is 38.7.